The fraction of sp³-hybridized carbons (Fsp3) is 0.404. The maximum absolute atomic E-state index is 3.83. The minimum Gasteiger partial charge on any atom is -0.147 e. The molecule has 4 aromatic rings. The van der Waals surface area contributed by atoms with Crippen LogP contribution in [0.4, 0.5) is 0 Å². The number of fused-ring (bicyclic) bond motifs is 2. The summed E-state index contributed by atoms with van der Waals surface area (Å²) in [4.78, 5) is 0. The van der Waals surface area contributed by atoms with Crippen molar-refractivity contribution >= 4 is 43.9 Å². The van der Waals surface area contributed by atoms with Crippen molar-refractivity contribution in [2.45, 2.75) is 116 Å². The van der Waals surface area contributed by atoms with E-state index in [0.717, 1.165) is 0 Å². The molecule has 0 heterocycles. The number of hydrogen-bond donors (Lipinski definition) is 0. The molecule has 2 aliphatic rings. The molecule has 2 unspecified atom stereocenters. The van der Waals surface area contributed by atoms with Crippen molar-refractivity contribution in [3.05, 3.63) is 128 Å². The minimum absolute atomic E-state index is 0. The Balaban J connectivity index is 0.00000292. The first-order chi connectivity index (χ1) is 22.5. The maximum atomic E-state index is 2.78. The summed E-state index contributed by atoms with van der Waals surface area (Å²) >= 11 is -3.83. The van der Waals surface area contributed by atoms with E-state index in [9.17, 15) is 0 Å². The molecule has 0 aliphatic heterocycles. The fourth-order valence-corrected chi connectivity index (χ4v) is 40.0. The second kappa shape index (κ2) is 13.7. The van der Waals surface area contributed by atoms with Gasteiger partial charge in [0.25, 0.3) is 0 Å². The second-order valence-electron chi connectivity index (χ2n) is 19.8. The Labute approximate surface area is 325 Å². The number of halogens is 2. The van der Waals surface area contributed by atoms with E-state index in [1.165, 1.54) is 55.6 Å². The van der Waals surface area contributed by atoms with Gasteiger partial charge < -0.3 is 0 Å². The molecule has 2 atom stereocenters. The summed E-state index contributed by atoms with van der Waals surface area (Å²) in [6.07, 6.45) is 5.13. The summed E-state index contributed by atoms with van der Waals surface area (Å²) in [5.74, 6) is 0. The van der Waals surface area contributed by atoms with Gasteiger partial charge >= 0.3 is 303 Å². The third kappa shape index (κ3) is 7.43. The predicted molar refractivity (Wildman–Crippen MR) is 232 cm³/mol. The number of benzene rings is 4. The zero-order valence-corrected chi connectivity index (χ0v) is 40.4. The van der Waals surface area contributed by atoms with Crippen molar-refractivity contribution in [3.63, 3.8) is 0 Å². The van der Waals surface area contributed by atoms with Crippen LogP contribution in [0.25, 0.3) is 34.4 Å². The van der Waals surface area contributed by atoms with Crippen molar-refractivity contribution in [3.8, 4) is 22.3 Å². The number of hydrogen-bond acceptors (Lipinski definition) is 0. The molecule has 0 radical (unpaired) electrons. The monoisotopic (exact) mass is 904 g/mol. The largest absolute Gasteiger partial charge is 0.147 e. The summed E-state index contributed by atoms with van der Waals surface area (Å²) in [6, 6.07) is 28.7. The van der Waals surface area contributed by atoms with Gasteiger partial charge in [-0.1, -0.05) is 0 Å². The SMILES string of the molecule is CC1=Cc2c(-c3ccc(C(C)(C)C)cc3)cccc2[CH]1[Hf]([CH3])([CH3])(=[SiH2])[CH]1C(C)=Cc2c(-c3cc(C(C)(C)C)cc(C(C)(C)C)c3)ccc(C)c21.Cl.Cl. The van der Waals surface area contributed by atoms with Gasteiger partial charge in [-0.05, 0) is 0 Å². The molecule has 0 nitrogen and oxygen atoms in total. The summed E-state index contributed by atoms with van der Waals surface area (Å²) in [5.41, 5.74) is 20.7. The molecule has 2 aliphatic carbocycles. The van der Waals surface area contributed by atoms with Crippen LogP contribution < -0.4 is 0 Å². The molecular weight excluding hydrogens is 842 g/mol. The average molecular weight is 904 g/mol. The van der Waals surface area contributed by atoms with Gasteiger partial charge in [-0.2, -0.15) is 0 Å². The minimum atomic E-state index is -3.83. The van der Waals surface area contributed by atoms with Crippen molar-refractivity contribution in [1.82, 2.24) is 0 Å². The quantitative estimate of drug-likeness (QED) is 0.179. The Morgan fingerprint density at radius 3 is 1.55 bits per heavy atom. The van der Waals surface area contributed by atoms with Crippen LogP contribution in [-0.2, 0) is 33.4 Å². The summed E-state index contributed by atoms with van der Waals surface area (Å²) in [6.45, 7) is 30.7. The van der Waals surface area contributed by atoms with Gasteiger partial charge in [0.05, 0.1) is 0 Å². The molecule has 4 heteroatoms. The molecule has 0 amide bonds. The van der Waals surface area contributed by atoms with Crippen LogP contribution in [-0.4, -0.2) is 6.94 Å². The molecule has 0 saturated carbocycles. The molecule has 4 aromatic carbocycles. The first-order valence-corrected chi connectivity index (χ1v) is 38.1. The first-order valence-electron chi connectivity index (χ1n) is 18.4. The van der Waals surface area contributed by atoms with Crippen LogP contribution in [0, 0.1) is 6.92 Å². The Morgan fingerprint density at radius 1 is 0.529 bits per heavy atom. The Hall–Kier alpha value is -1.97. The van der Waals surface area contributed by atoms with Crippen LogP contribution in [0.3, 0.4) is 0 Å². The maximum Gasteiger partial charge on any atom is -0.147 e. The summed E-state index contributed by atoms with van der Waals surface area (Å²) < 4.78 is 6.57. The third-order valence-electron chi connectivity index (χ3n) is 11.8. The van der Waals surface area contributed by atoms with E-state index < -0.39 is 17.1 Å². The second-order valence-corrected chi connectivity index (χ2v) is 63.3. The van der Waals surface area contributed by atoms with Crippen molar-refractivity contribution < 1.29 is 17.1 Å². The number of rotatable bonds is 4. The van der Waals surface area contributed by atoms with Crippen LogP contribution in [0.2, 0.25) is 9.36 Å². The van der Waals surface area contributed by atoms with Gasteiger partial charge in [-0.25, -0.2) is 0 Å². The normalized spacial score (nSPS) is 17.5. The zero-order chi connectivity index (χ0) is 36.1. The van der Waals surface area contributed by atoms with E-state index in [0.29, 0.717) is 7.35 Å². The molecule has 0 fully saturated rings. The van der Waals surface area contributed by atoms with E-state index in [2.05, 4.69) is 184 Å². The van der Waals surface area contributed by atoms with Gasteiger partial charge in [-0.15, -0.1) is 24.8 Å². The third-order valence-corrected chi connectivity index (χ3v) is 37.6. The molecular formula is C47H62Cl2HfSi. The summed E-state index contributed by atoms with van der Waals surface area (Å²) in [5, 5.41) is 0. The molecule has 0 saturated heterocycles. The smallest absolute Gasteiger partial charge is 0.147 e. The van der Waals surface area contributed by atoms with Gasteiger partial charge in [0.1, 0.15) is 0 Å². The molecule has 0 spiro atoms. The number of allylic oxidation sites excluding steroid dienone is 2. The van der Waals surface area contributed by atoms with E-state index in [4.69, 9.17) is 0 Å². The Morgan fingerprint density at radius 2 is 1.02 bits per heavy atom. The topological polar surface area (TPSA) is 0 Å². The van der Waals surface area contributed by atoms with Crippen LogP contribution in [0.1, 0.15) is 128 Å². The average Bonchev–Trinajstić information content (AvgIpc) is 3.53. The Bertz CT molecular complexity index is 2090. The molecule has 0 bridgehead atoms. The van der Waals surface area contributed by atoms with E-state index in [1.807, 2.05) is 0 Å². The van der Waals surface area contributed by atoms with Crippen LogP contribution in [0.15, 0.2) is 83.9 Å². The molecule has 0 N–H and O–H groups in total. The van der Waals surface area contributed by atoms with E-state index in [1.54, 1.807) is 22.3 Å². The number of aryl methyl sites for hydroxylation is 1. The van der Waals surface area contributed by atoms with E-state index in [-0.39, 0.29) is 41.1 Å². The van der Waals surface area contributed by atoms with Gasteiger partial charge in [0.15, 0.2) is 0 Å². The van der Waals surface area contributed by atoms with Gasteiger partial charge in [-0.3, -0.25) is 0 Å². The standard InChI is InChI=1S/C25H31.C20H21.2CH3.2ClH.Hf.H2Si/c1-16-11-22-17(2)9-10-21(23(22)12-16)18-13-19(24(3,4)5)15-20(14-18)25(6,7)8;1-14-12-16-6-5-7-18(19(16)13-14)15-8-10-17(11-9-15)20(2,3)4;;;;;;/h9-15H,1-8H3;5-13H,1-4H3;2*1H3;2*1H;;1H2. The zero-order valence-electron chi connectivity index (χ0n) is 33.8. The summed E-state index contributed by atoms with van der Waals surface area (Å²) in [7, 11) is 0. The fourth-order valence-electron chi connectivity index (χ4n) is 9.32. The predicted octanol–water partition coefficient (Wildman–Crippen LogP) is 14.0. The molecule has 272 valence electrons. The van der Waals surface area contributed by atoms with Crippen LogP contribution >= 0.6 is 24.8 Å². The van der Waals surface area contributed by atoms with Crippen molar-refractivity contribution in [1.29, 1.82) is 0 Å². The molecule has 6 rings (SSSR count). The molecule has 51 heavy (non-hydrogen) atoms. The molecule has 0 aromatic heterocycles. The van der Waals surface area contributed by atoms with Crippen molar-refractivity contribution in [2.75, 3.05) is 0 Å². The van der Waals surface area contributed by atoms with Crippen LogP contribution in [0.5, 0.6) is 0 Å². The van der Waals surface area contributed by atoms with Gasteiger partial charge in [0.2, 0.25) is 0 Å². The van der Waals surface area contributed by atoms with E-state index >= 15 is 0 Å². The first kappa shape index (κ1) is 41.8. The van der Waals surface area contributed by atoms with Gasteiger partial charge in [0, 0.05) is 0 Å². The Kier molecular flexibility index (Phi) is 11.2. The van der Waals surface area contributed by atoms with Crippen molar-refractivity contribution in [2.24, 2.45) is 0 Å².